The Hall–Kier alpha value is -0.770. The number of hydrogen-bond acceptors (Lipinski definition) is 3. The molecule has 0 saturated heterocycles. The van der Waals surface area contributed by atoms with E-state index in [0.717, 1.165) is 28.3 Å². The topological polar surface area (TPSA) is 61.3 Å². The van der Waals surface area contributed by atoms with Crippen molar-refractivity contribution in [3.63, 3.8) is 0 Å². The van der Waals surface area contributed by atoms with E-state index >= 15 is 0 Å². The molecule has 96 valence electrons. The van der Waals surface area contributed by atoms with Crippen molar-refractivity contribution in [1.29, 1.82) is 0 Å². The molecule has 4 heteroatoms. The van der Waals surface area contributed by atoms with Crippen molar-refractivity contribution in [3.05, 3.63) is 28.3 Å². The first-order valence-corrected chi connectivity index (χ1v) is 6.18. The van der Waals surface area contributed by atoms with Gasteiger partial charge in [0.1, 0.15) is 5.75 Å². The summed E-state index contributed by atoms with van der Waals surface area (Å²) in [6, 6.07) is 3.71. The van der Waals surface area contributed by atoms with E-state index < -0.39 is 0 Å². The van der Waals surface area contributed by atoms with E-state index in [1.54, 1.807) is 7.11 Å². The quantitative estimate of drug-likeness (QED) is 0.851. The lowest BCUT2D eigenvalue weighted by Gasteiger charge is -2.22. The zero-order chi connectivity index (χ0) is 13.0. The van der Waals surface area contributed by atoms with Gasteiger partial charge in [0.25, 0.3) is 0 Å². The van der Waals surface area contributed by atoms with Gasteiger partial charge in [-0.15, -0.1) is 0 Å². The fourth-order valence-electron chi connectivity index (χ4n) is 1.86. The minimum atomic E-state index is -0.105. The molecule has 1 rings (SSSR count). The van der Waals surface area contributed by atoms with Crippen LogP contribution in [0.25, 0.3) is 0 Å². The van der Waals surface area contributed by atoms with Gasteiger partial charge in [-0.25, -0.2) is 0 Å². The second-order valence-electron chi connectivity index (χ2n) is 4.42. The van der Waals surface area contributed by atoms with Gasteiger partial charge in [-0.2, -0.15) is 0 Å². The largest absolute Gasteiger partial charge is 0.496 e. The van der Waals surface area contributed by atoms with Gasteiger partial charge >= 0.3 is 0 Å². The van der Waals surface area contributed by atoms with Crippen LogP contribution in [-0.4, -0.2) is 13.7 Å². The van der Waals surface area contributed by atoms with Crippen LogP contribution >= 0.6 is 11.6 Å². The maximum Gasteiger partial charge on any atom is 0.124 e. The van der Waals surface area contributed by atoms with Gasteiger partial charge in [-0.3, -0.25) is 0 Å². The van der Waals surface area contributed by atoms with Crippen LogP contribution in [-0.2, 0) is 0 Å². The van der Waals surface area contributed by atoms with Crippen molar-refractivity contribution in [1.82, 2.24) is 0 Å². The molecule has 2 atom stereocenters. The van der Waals surface area contributed by atoms with E-state index in [2.05, 4.69) is 6.92 Å². The summed E-state index contributed by atoms with van der Waals surface area (Å²) in [7, 11) is 1.65. The van der Waals surface area contributed by atoms with E-state index in [9.17, 15) is 0 Å². The van der Waals surface area contributed by atoms with Crippen LogP contribution in [0.15, 0.2) is 12.1 Å². The average molecular weight is 257 g/mol. The Labute approximate surface area is 108 Å². The molecule has 0 bridgehead atoms. The standard InChI is InChI=1S/C13H21ClN2O/c1-8(4-5-15)13(16)10-7-11(14)9(2)6-12(10)17-3/h6-8,13H,4-5,15-16H2,1-3H3. The minimum Gasteiger partial charge on any atom is -0.496 e. The molecule has 3 nitrogen and oxygen atoms in total. The molecule has 0 spiro atoms. The maximum absolute atomic E-state index is 6.23. The first-order valence-electron chi connectivity index (χ1n) is 5.81. The molecule has 0 saturated carbocycles. The lowest BCUT2D eigenvalue weighted by Crippen LogP contribution is -2.22. The highest BCUT2D eigenvalue weighted by Crippen LogP contribution is 2.33. The van der Waals surface area contributed by atoms with Gasteiger partial charge in [0.15, 0.2) is 0 Å². The van der Waals surface area contributed by atoms with Crippen molar-refractivity contribution < 1.29 is 4.74 Å². The Morgan fingerprint density at radius 1 is 1.41 bits per heavy atom. The Bertz CT molecular complexity index is 382. The number of aryl methyl sites for hydroxylation is 1. The highest BCUT2D eigenvalue weighted by atomic mass is 35.5. The van der Waals surface area contributed by atoms with E-state index in [-0.39, 0.29) is 6.04 Å². The van der Waals surface area contributed by atoms with Gasteiger partial charge in [0.2, 0.25) is 0 Å². The lowest BCUT2D eigenvalue weighted by molar-refractivity contribution is 0.385. The summed E-state index contributed by atoms with van der Waals surface area (Å²) >= 11 is 6.13. The van der Waals surface area contributed by atoms with E-state index in [0.29, 0.717) is 12.5 Å². The van der Waals surface area contributed by atoms with Crippen molar-refractivity contribution in [2.45, 2.75) is 26.3 Å². The van der Waals surface area contributed by atoms with Crippen LogP contribution in [0, 0.1) is 12.8 Å². The summed E-state index contributed by atoms with van der Waals surface area (Å²) in [5, 5.41) is 0.719. The summed E-state index contributed by atoms with van der Waals surface area (Å²) in [5.74, 6) is 1.09. The number of benzene rings is 1. The zero-order valence-corrected chi connectivity index (χ0v) is 11.4. The van der Waals surface area contributed by atoms with E-state index in [1.807, 2.05) is 19.1 Å². The highest BCUT2D eigenvalue weighted by Gasteiger charge is 2.19. The van der Waals surface area contributed by atoms with Crippen LogP contribution in [0.1, 0.15) is 30.5 Å². The third-order valence-corrected chi connectivity index (χ3v) is 3.51. The lowest BCUT2D eigenvalue weighted by atomic mass is 9.91. The summed E-state index contributed by atoms with van der Waals surface area (Å²) in [6.07, 6.45) is 0.885. The number of ether oxygens (including phenoxy) is 1. The Morgan fingerprint density at radius 3 is 2.59 bits per heavy atom. The summed E-state index contributed by atoms with van der Waals surface area (Å²) in [4.78, 5) is 0. The van der Waals surface area contributed by atoms with E-state index in [1.165, 1.54) is 0 Å². The molecule has 0 aromatic heterocycles. The van der Waals surface area contributed by atoms with Crippen molar-refractivity contribution in [2.75, 3.05) is 13.7 Å². The molecule has 1 aromatic carbocycles. The fourth-order valence-corrected chi connectivity index (χ4v) is 2.03. The molecule has 2 unspecified atom stereocenters. The normalized spacial score (nSPS) is 14.5. The molecule has 0 aliphatic carbocycles. The summed E-state index contributed by atoms with van der Waals surface area (Å²) < 4.78 is 5.36. The Kier molecular flexibility index (Phi) is 5.25. The third-order valence-electron chi connectivity index (χ3n) is 3.11. The minimum absolute atomic E-state index is 0.105. The van der Waals surface area contributed by atoms with Crippen molar-refractivity contribution in [3.8, 4) is 5.75 Å². The summed E-state index contributed by atoms with van der Waals surface area (Å²) in [5.41, 5.74) is 13.7. The first-order chi connectivity index (χ1) is 8.01. The van der Waals surface area contributed by atoms with Gasteiger partial charge in [0, 0.05) is 16.6 Å². The monoisotopic (exact) mass is 256 g/mol. The smallest absolute Gasteiger partial charge is 0.124 e. The molecule has 1 aromatic rings. The molecule has 4 N–H and O–H groups in total. The van der Waals surface area contributed by atoms with E-state index in [4.69, 9.17) is 27.8 Å². The molecule has 0 fully saturated rings. The van der Waals surface area contributed by atoms with Gasteiger partial charge in [-0.05, 0) is 43.5 Å². The predicted molar refractivity (Wildman–Crippen MR) is 72.5 cm³/mol. The van der Waals surface area contributed by atoms with Crippen molar-refractivity contribution in [2.24, 2.45) is 17.4 Å². The average Bonchev–Trinajstić information content (AvgIpc) is 2.31. The molecule has 0 heterocycles. The van der Waals surface area contributed by atoms with Gasteiger partial charge in [-0.1, -0.05) is 18.5 Å². The number of hydrogen-bond donors (Lipinski definition) is 2. The maximum atomic E-state index is 6.23. The molecule has 0 aliphatic heterocycles. The Balaban J connectivity index is 3.07. The fraction of sp³-hybridized carbons (Fsp3) is 0.538. The van der Waals surface area contributed by atoms with Crippen molar-refractivity contribution >= 4 is 11.6 Å². The molecule has 0 radical (unpaired) electrons. The number of rotatable bonds is 5. The number of methoxy groups -OCH3 is 1. The zero-order valence-electron chi connectivity index (χ0n) is 10.7. The van der Waals surface area contributed by atoms with Crippen LogP contribution in [0.4, 0.5) is 0 Å². The van der Waals surface area contributed by atoms with Crippen LogP contribution < -0.4 is 16.2 Å². The molecule has 0 amide bonds. The number of nitrogens with two attached hydrogens (primary N) is 2. The summed E-state index contributed by atoms with van der Waals surface area (Å²) in [6.45, 7) is 4.67. The number of halogens is 1. The third kappa shape index (κ3) is 3.35. The predicted octanol–water partition coefficient (Wildman–Crippen LogP) is 2.64. The SMILES string of the molecule is COc1cc(C)c(Cl)cc1C(N)C(C)CCN. The van der Waals surface area contributed by atoms with Crippen LogP contribution in [0.5, 0.6) is 5.75 Å². The second kappa shape index (κ2) is 6.24. The van der Waals surface area contributed by atoms with Gasteiger partial charge < -0.3 is 16.2 Å². The molecule has 17 heavy (non-hydrogen) atoms. The van der Waals surface area contributed by atoms with Crippen LogP contribution in [0.2, 0.25) is 5.02 Å². The highest BCUT2D eigenvalue weighted by molar-refractivity contribution is 6.31. The first kappa shape index (κ1) is 14.3. The second-order valence-corrected chi connectivity index (χ2v) is 4.83. The van der Waals surface area contributed by atoms with Crippen LogP contribution in [0.3, 0.4) is 0 Å². The molecular formula is C13H21ClN2O. The molecular weight excluding hydrogens is 236 g/mol. The van der Waals surface area contributed by atoms with Gasteiger partial charge in [0.05, 0.1) is 7.11 Å². The Morgan fingerprint density at radius 2 is 2.06 bits per heavy atom. The molecule has 0 aliphatic rings.